The number of alkyl halides is 1. The van der Waals surface area contributed by atoms with E-state index in [0.717, 1.165) is 16.9 Å². The van der Waals surface area contributed by atoms with Gasteiger partial charge in [0.2, 0.25) is 5.91 Å². The number of benzene rings is 1. The van der Waals surface area contributed by atoms with E-state index >= 15 is 0 Å². The second kappa shape index (κ2) is 10.5. The van der Waals surface area contributed by atoms with Crippen LogP contribution in [0.3, 0.4) is 0 Å². The lowest BCUT2D eigenvalue weighted by atomic mass is 9.89. The van der Waals surface area contributed by atoms with Gasteiger partial charge in [0, 0.05) is 30.1 Å². The molecule has 2 fully saturated rings. The van der Waals surface area contributed by atoms with Gasteiger partial charge in [0.1, 0.15) is 29.5 Å². The molecule has 2 aliphatic carbocycles. The zero-order chi connectivity index (χ0) is 26.1. The maximum absolute atomic E-state index is 14.7. The van der Waals surface area contributed by atoms with Gasteiger partial charge < -0.3 is 20.4 Å². The zero-order valence-corrected chi connectivity index (χ0v) is 21.6. The van der Waals surface area contributed by atoms with Crippen molar-refractivity contribution in [2.75, 3.05) is 6.61 Å². The Bertz CT molecular complexity index is 1320. The van der Waals surface area contributed by atoms with Crippen molar-refractivity contribution < 1.29 is 18.7 Å². The first kappa shape index (κ1) is 25.2. The SMILES string of the molecule is CCC(=O)N[C@@H]1CC[C@@H](NC(=O)c2c(C)[nH]c3c(-c4cc(C)ccc4OCC4CC4)ncnc23)C[C@H]1F. The maximum atomic E-state index is 14.7. The van der Waals surface area contributed by atoms with Crippen LogP contribution in [0.2, 0.25) is 0 Å². The highest BCUT2D eigenvalue weighted by Gasteiger charge is 2.33. The van der Waals surface area contributed by atoms with Crippen molar-refractivity contribution >= 4 is 22.8 Å². The van der Waals surface area contributed by atoms with Gasteiger partial charge in [-0.1, -0.05) is 18.6 Å². The average Bonchev–Trinajstić information content (AvgIpc) is 3.64. The summed E-state index contributed by atoms with van der Waals surface area (Å²) in [5.74, 6) is 0.923. The maximum Gasteiger partial charge on any atom is 0.255 e. The topological polar surface area (TPSA) is 109 Å². The summed E-state index contributed by atoms with van der Waals surface area (Å²) >= 11 is 0. The van der Waals surface area contributed by atoms with E-state index in [1.54, 1.807) is 6.92 Å². The molecule has 2 aromatic heterocycles. The number of aryl methyl sites for hydroxylation is 2. The molecule has 3 N–H and O–H groups in total. The second-order valence-corrected chi connectivity index (χ2v) is 10.4. The molecule has 3 atom stereocenters. The molecular formula is C28H34FN5O3. The molecule has 5 rings (SSSR count). The van der Waals surface area contributed by atoms with E-state index in [-0.39, 0.29) is 24.3 Å². The third kappa shape index (κ3) is 5.45. The van der Waals surface area contributed by atoms with E-state index in [1.165, 1.54) is 19.2 Å². The van der Waals surface area contributed by atoms with Crippen LogP contribution in [0.5, 0.6) is 5.75 Å². The van der Waals surface area contributed by atoms with Crippen molar-refractivity contribution in [1.82, 2.24) is 25.6 Å². The largest absolute Gasteiger partial charge is 0.493 e. The number of H-pyrrole nitrogens is 1. The van der Waals surface area contributed by atoms with Gasteiger partial charge in [-0.2, -0.15) is 0 Å². The molecule has 0 spiro atoms. The lowest BCUT2D eigenvalue weighted by Gasteiger charge is -2.32. The number of hydrogen-bond acceptors (Lipinski definition) is 5. The number of halogens is 1. The Morgan fingerprint density at radius 1 is 1.14 bits per heavy atom. The number of hydrogen-bond donors (Lipinski definition) is 3. The monoisotopic (exact) mass is 507 g/mol. The number of rotatable bonds is 8. The quantitative estimate of drug-likeness (QED) is 0.415. The Balaban J connectivity index is 1.38. The van der Waals surface area contributed by atoms with E-state index in [9.17, 15) is 14.0 Å². The van der Waals surface area contributed by atoms with Crippen LogP contribution in [0.15, 0.2) is 24.5 Å². The van der Waals surface area contributed by atoms with Crippen molar-refractivity contribution in [3.63, 3.8) is 0 Å². The van der Waals surface area contributed by atoms with Crippen molar-refractivity contribution in [3.8, 4) is 17.0 Å². The minimum Gasteiger partial charge on any atom is -0.493 e. The second-order valence-electron chi connectivity index (χ2n) is 10.4. The van der Waals surface area contributed by atoms with Crippen LogP contribution in [0.1, 0.15) is 67.1 Å². The van der Waals surface area contributed by atoms with Gasteiger partial charge in [0.05, 0.1) is 23.7 Å². The number of fused-ring (bicyclic) bond motifs is 1. The number of carbonyl (C=O) groups excluding carboxylic acids is 2. The van der Waals surface area contributed by atoms with Gasteiger partial charge in [-0.3, -0.25) is 9.59 Å². The summed E-state index contributed by atoms with van der Waals surface area (Å²) in [6.07, 6.45) is 4.21. The van der Waals surface area contributed by atoms with Crippen molar-refractivity contribution in [3.05, 3.63) is 41.3 Å². The van der Waals surface area contributed by atoms with Crippen molar-refractivity contribution in [2.45, 2.75) is 77.6 Å². The van der Waals surface area contributed by atoms with Gasteiger partial charge >= 0.3 is 0 Å². The fraction of sp³-hybridized carbons (Fsp3) is 0.500. The number of amides is 2. The highest BCUT2D eigenvalue weighted by molar-refractivity contribution is 6.09. The van der Waals surface area contributed by atoms with Crippen LogP contribution in [0.4, 0.5) is 4.39 Å². The predicted octanol–water partition coefficient (Wildman–Crippen LogP) is 4.55. The molecule has 196 valence electrons. The number of nitrogens with zero attached hydrogens (tertiary/aromatic N) is 2. The van der Waals surface area contributed by atoms with Gasteiger partial charge in [-0.05, 0) is 57.6 Å². The molecule has 0 bridgehead atoms. The van der Waals surface area contributed by atoms with E-state index in [1.807, 2.05) is 32.0 Å². The Morgan fingerprint density at radius 3 is 2.68 bits per heavy atom. The van der Waals surface area contributed by atoms with Crippen LogP contribution in [0, 0.1) is 19.8 Å². The van der Waals surface area contributed by atoms with Crippen LogP contribution in [0.25, 0.3) is 22.3 Å². The van der Waals surface area contributed by atoms with Crippen LogP contribution in [-0.2, 0) is 4.79 Å². The molecule has 0 saturated heterocycles. The number of nitrogens with one attached hydrogen (secondary N) is 3. The summed E-state index contributed by atoms with van der Waals surface area (Å²) in [7, 11) is 0. The van der Waals surface area contributed by atoms with Crippen molar-refractivity contribution in [1.29, 1.82) is 0 Å². The van der Waals surface area contributed by atoms with Gasteiger partial charge in [-0.15, -0.1) is 0 Å². The van der Waals surface area contributed by atoms with Crippen LogP contribution in [-0.4, -0.2) is 51.6 Å². The number of aromatic amines is 1. The first-order chi connectivity index (χ1) is 17.8. The molecule has 0 unspecified atom stereocenters. The van der Waals surface area contributed by atoms with Gasteiger partial charge in [0.25, 0.3) is 5.91 Å². The summed E-state index contributed by atoms with van der Waals surface area (Å²) in [6.45, 7) is 6.28. The molecule has 37 heavy (non-hydrogen) atoms. The highest BCUT2D eigenvalue weighted by atomic mass is 19.1. The molecule has 3 aromatic rings. The fourth-order valence-corrected chi connectivity index (χ4v) is 5.03. The van der Waals surface area contributed by atoms with Crippen LogP contribution < -0.4 is 15.4 Å². The van der Waals surface area contributed by atoms with E-state index in [2.05, 4.69) is 25.6 Å². The first-order valence-electron chi connectivity index (χ1n) is 13.1. The first-order valence-corrected chi connectivity index (χ1v) is 13.1. The molecule has 2 aliphatic rings. The molecule has 2 amide bonds. The van der Waals surface area contributed by atoms with E-state index in [4.69, 9.17) is 4.74 Å². The fourth-order valence-electron chi connectivity index (χ4n) is 5.03. The highest BCUT2D eigenvalue weighted by Crippen LogP contribution is 2.37. The van der Waals surface area contributed by atoms with Gasteiger partial charge in [-0.25, -0.2) is 14.4 Å². The summed E-state index contributed by atoms with van der Waals surface area (Å²) in [6, 6.07) is 5.20. The molecule has 1 aromatic carbocycles. The summed E-state index contributed by atoms with van der Waals surface area (Å²) in [5, 5.41) is 5.74. The third-order valence-electron chi connectivity index (χ3n) is 7.34. The Kier molecular flexibility index (Phi) is 7.13. The molecule has 2 saturated carbocycles. The lowest BCUT2D eigenvalue weighted by molar-refractivity contribution is -0.122. The molecule has 0 aliphatic heterocycles. The normalized spacial score (nSPS) is 21.6. The Morgan fingerprint density at radius 2 is 1.95 bits per heavy atom. The predicted molar refractivity (Wildman–Crippen MR) is 139 cm³/mol. The zero-order valence-electron chi connectivity index (χ0n) is 21.6. The minimum atomic E-state index is -1.21. The smallest absolute Gasteiger partial charge is 0.255 e. The molecule has 0 radical (unpaired) electrons. The molecular weight excluding hydrogens is 473 g/mol. The minimum absolute atomic E-state index is 0.158. The number of carbonyl (C=O) groups is 2. The lowest BCUT2D eigenvalue weighted by Crippen LogP contribution is -2.49. The molecule has 9 heteroatoms. The Labute approximate surface area is 215 Å². The molecule has 2 heterocycles. The average molecular weight is 508 g/mol. The Hall–Kier alpha value is -3.49. The summed E-state index contributed by atoms with van der Waals surface area (Å²) in [5.41, 5.74) is 4.91. The summed E-state index contributed by atoms with van der Waals surface area (Å²) in [4.78, 5) is 37.4. The third-order valence-corrected chi connectivity index (χ3v) is 7.34. The number of aromatic nitrogens is 3. The van der Waals surface area contributed by atoms with E-state index in [0.29, 0.717) is 59.8 Å². The standard InChI is InChI=1S/C28H34FN5O3/c1-4-23(35)34-21-9-8-18(12-20(21)29)33-28(36)24-16(3)32-27-25(30-14-31-26(24)27)19-11-15(2)5-10-22(19)37-13-17-6-7-17/h5,10-11,14,17-18,20-21,32H,4,6-9,12-13H2,1-3H3,(H,33,36)(H,34,35)/t18-,20-,21-/m1/s1. The van der Waals surface area contributed by atoms with Crippen LogP contribution >= 0.6 is 0 Å². The van der Waals surface area contributed by atoms with Crippen molar-refractivity contribution in [2.24, 2.45) is 5.92 Å². The molecule has 8 nitrogen and oxygen atoms in total. The van der Waals surface area contributed by atoms with Gasteiger partial charge in [0.15, 0.2) is 0 Å². The number of ether oxygens (including phenoxy) is 1. The van der Waals surface area contributed by atoms with E-state index < -0.39 is 12.2 Å². The summed E-state index contributed by atoms with van der Waals surface area (Å²) < 4.78 is 20.9.